The van der Waals surface area contributed by atoms with Gasteiger partial charge in [0, 0.05) is 16.9 Å². The molecule has 0 unspecified atom stereocenters. The quantitative estimate of drug-likeness (QED) is 0.805. The van der Waals surface area contributed by atoms with E-state index in [2.05, 4.69) is 11.1 Å². The van der Waals surface area contributed by atoms with Gasteiger partial charge in [0.2, 0.25) is 0 Å². The van der Waals surface area contributed by atoms with E-state index in [0.717, 1.165) is 16.8 Å². The van der Waals surface area contributed by atoms with Gasteiger partial charge in [-0.15, -0.1) is 0 Å². The number of aryl methyl sites for hydroxylation is 2. The van der Waals surface area contributed by atoms with Crippen LogP contribution in [0.3, 0.4) is 0 Å². The second-order valence-electron chi connectivity index (χ2n) is 6.85. The topological polar surface area (TPSA) is 66.8 Å². The van der Waals surface area contributed by atoms with Crippen LogP contribution in [-0.4, -0.2) is 42.3 Å². The molecule has 2 atom stereocenters. The molecule has 2 aliphatic rings. The van der Waals surface area contributed by atoms with Crippen molar-refractivity contribution in [1.82, 2.24) is 0 Å². The van der Waals surface area contributed by atoms with Gasteiger partial charge >= 0.3 is 0 Å². The molecule has 0 radical (unpaired) electrons. The van der Waals surface area contributed by atoms with Crippen molar-refractivity contribution >= 4 is 38.4 Å². The van der Waals surface area contributed by atoms with E-state index in [9.17, 15) is 13.2 Å². The van der Waals surface area contributed by atoms with Gasteiger partial charge in [-0.2, -0.15) is 4.99 Å². The lowest BCUT2D eigenvalue weighted by Crippen LogP contribution is -2.38. The van der Waals surface area contributed by atoms with Gasteiger partial charge in [0.25, 0.3) is 5.91 Å². The van der Waals surface area contributed by atoms with E-state index in [1.807, 2.05) is 44.7 Å². The molecule has 7 heteroatoms. The number of anilines is 1. The van der Waals surface area contributed by atoms with Crippen LogP contribution in [0, 0.1) is 19.8 Å². The number of hydrogen-bond donors (Lipinski definition) is 0. The highest BCUT2D eigenvalue weighted by Gasteiger charge is 2.49. The molecule has 2 heterocycles. The van der Waals surface area contributed by atoms with E-state index in [0.29, 0.717) is 5.17 Å². The molecule has 2 aliphatic heterocycles. The Bertz CT molecular complexity index is 815. The fraction of sp³-hybridized carbons (Fsp3) is 0.529. The molecule has 2 saturated heterocycles. The molecular weight excluding hydrogens is 344 g/mol. The first-order valence-electron chi connectivity index (χ1n) is 8.04. The monoisotopic (exact) mass is 366 g/mol. The van der Waals surface area contributed by atoms with Crippen LogP contribution in [0.5, 0.6) is 0 Å². The van der Waals surface area contributed by atoms with Gasteiger partial charge in [0.1, 0.15) is 0 Å². The average molecular weight is 367 g/mol. The lowest BCUT2D eigenvalue weighted by atomic mass is 10.1. The van der Waals surface area contributed by atoms with Gasteiger partial charge in [-0.25, -0.2) is 8.42 Å². The summed E-state index contributed by atoms with van der Waals surface area (Å²) >= 11 is 1.42. The smallest absolute Gasteiger partial charge is 0.250 e. The zero-order valence-corrected chi connectivity index (χ0v) is 15.9. The molecule has 24 heavy (non-hydrogen) atoms. The number of rotatable bonds is 2. The average Bonchev–Trinajstić information content (AvgIpc) is 2.91. The molecule has 2 fully saturated rings. The maximum absolute atomic E-state index is 12.1. The van der Waals surface area contributed by atoms with Gasteiger partial charge in [0.15, 0.2) is 15.0 Å². The maximum Gasteiger partial charge on any atom is 0.250 e. The minimum atomic E-state index is -3.04. The van der Waals surface area contributed by atoms with Crippen LogP contribution >= 0.6 is 11.8 Å². The second-order valence-corrected chi connectivity index (χ2v) is 10.2. The third-order valence-electron chi connectivity index (χ3n) is 4.38. The Balaban J connectivity index is 2.06. The Kier molecular flexibility index (Phi) is 4.51. The summed E-state index contributed by atoms with van der Waals surface area (Å²) in [6, 6.07) is 5.92. The van der Waals surface area contributed by atoms with E-state index < -0.39 is 9.84 Å². The van der Waals surface area contributed by atoms with Crippen molar-refractivity contribution in [1.29, 1.82) is 0 Å². The highest BCUT2D eigenvalue weighted by atomic mass is 32.2. The summed E-state index contributed by atoms with van der Waals surface area (Å²) in [6.07, 6.45) is 0. The van der Waals surface area contributed by atoms with Gasteiger partial charge in [-0.1, -0.05) is 43.3 Å². The molecule has 0 spiro atoms. The number of aliphatic imine (C=N–C) groups is 1. The summed E-state index contributed by atoms with van der Waals surface area (Å²) in [6.45, 7) is 7.67. The Morgan fingerprint density at radius 1 is 1.29 bits per heavy atom. The molecule has 1 aromatic carbocycles. The third-order valence-corrected chi connectivity index (χ3v) is 7.59. The van der Waals surface area contributed by atoms with E-state index in [1.165, 1.54) is 11.8 Å². The van der Waals surface area contributed by atoms with Crippen molar-refractivity contribution in [2.24, 2.45) is 10.9 Å². The number of carbonyl (C=O) groups is 1. The Morgan fingerprint density at radius 3 is 2.62 bits per heavy atom. The number of amidine groups is 1. The number of nitrogens with zero attached hydrogens (tertiary/aromatic N) is 2. The summed E-state index contributed by atoms with van der Waals surface area (Å²) < 4.78 is 24.1. The summed E-state index contributed by atoms with van der Waals surface area (Å²) in [4.78, 5) is 18.4. The zero-order valence-electron chi connectivity index (χ0n) is 14.3. The minimum Gasteiger partial charge on any atom is -0.315 e. The number of carbonyl (C=O) groups excluding carboxylic acids is 1. The van der Waals surface area contributed by atoms with Gasteiger partial charge in [0.05, 0.1) is 17.5 Å². The lowest BCUT2D eigenvalue weighted by Gasteiger charge is -2.26. The highest BCUT2D eigenvalue weighted by Crippen LogP contribution is 2.42. The summed E-state index contributed by atoms with van der Waals surface area (Å²) in [5, 5.41) is 0.569. The molecule has 0 saturated carbocycles. The molecule has 5 nitrogen and oxygen atoms in total. The molecule has 1 amide bonds. The third kappa shape index (κ3) is 3.24. The molecule has 0 aliphatic carbocycles. The number of fused-ring (bicyclic) bond motifs is 1. The lowest BCUT2D eigenvalue weighted by molar-refractivity contribution is -0.120. The van der Waals surface area contributed by atoms with Crippen LogP contribution in [0.2, 0.25) is 0 Å². The first-order chi connectivity index (χ1) is 11.2. The number of sulfone groups is 1. The molecule has 1 aromatic rings. The highest BCUT2D eigenvalue weighted by molar-refractivity contribution is 8.16. The van der Waals surface area contributed by atoms with Gasteiger partial charge < -0.3 is 4.90 Å². The SMILES string of the molecule is Cc1ccc(N2C(=NC(=O)C(C)C)S[C@@H]3CS(=O)(=O)C[C@H]32)c(C)c1. The van der Waals surface area contributed by atoms with E-state index in [-0.39, 0.29) is 34.6 Å². The maximum atomic E-state index is 12.1. The predicted molar refractivity (Wildman–Crippen MR) is 99.5 cm³/mol. The predicted octanol–water partition coefficient (Wildman–Crippen LogP) is 2.56. The van der Waals surface area contributed by atoms with Crippen LogP contribution in [0.1, 0.15) is 25.0 Å². The number of hydrogen-bond acceptors (Lipinski definition) is 4. The number of thioether (sulfide) groups is 1. The largest absolute Gasteiger partial charge is 0.315 e. The zero-order chi connectivity index (χ0) is 17.6. The van der Waals surface area contributed by atoms with Crippen LogP contribution < -0.4 is 4.90 Å². The van der Waals surface area contributed by atoms with Gasteiger partial charge in [-0.05, 0) is 25.5 Å². The summed E-state index contributed by atoms with van der Waals surface area (Å²) in [5.74, 6) is -0.0794. The Hall–Kier alpha value is -1.34. The van der Waals surface area contributed by atoms with Crippen molar-refractivity contribution in [3.05, 3.63) is 29.3 Å². The molecule has 0 aromatic heterocycles. The summed E-state index contributed by atoms with van der Waals surface area (Å²) in [7, 11) is -3.04. The first kappa shape index (κ1) is 17.5. The fourth-order valence-corrected chi connectivity index (χ4v) is 7.06. The number of benzene rings is 1. The van der Waals surface area contributed by atoms with Crippen LogP contribution in [0.15, 0.2) is 23.2 Å². The molecule has 0 bridgehead atoms. The van der Waals surface area contributed by atoms with Crippen molar-refractivity contribution in [2.75, 3.05) is 16.4 Å². The minimum absolute atomic E-state index is 0.0607. The Morgan fingerprint density at radius 2 is 2.00 bits per heavy atom. The van der Waals surface area contributed by atoms with Crippen molar-refractivity contribution in [2.45, 2.75) is 39.0 Å². The van der Waals surface area contributed by atoms with Crippen molar-refractivity contribution in [3.8, 4) is 0 Å². The normalized spacial score (nSPS) is 27.0. The van der Waals surface area contributed by atoms with Crippen LogP contribution in [0.4, 0.5) is 5.69 Å². The van der Waals surface area contributed by atoms with E-state index in [4.69, 9.17) is 0 Å². The second kappa shape index (κ2) is 6.19. The molecule has 130 valence electrons. The van der Waals surface area contributed by atoms with Crippen molar-refractivity contribution < 1.29 is 13.2 Å². The first-order valence-corrected chi connectivity index (χ1v) is 10.7. The van der Waals surface area contributed by atoms with Crippen LogP contribution in [0.25, 0.3) is 0 Å². The summed E-state index contributed by atoms with van der Waals surface area (Å²) in [5.41, 5.74) is 3.15. The molecule has 3 rings (SSSR count). The molecule has 0 N–H and O–H groups in total. The van der Waals surface area contributed by atoms with E-state index >= 15 is 0 Å². The van der Waals surface area contributed by atoms with Crippen LogP contribution in [-0.2, 0) is 14.6 Å². The fourth-order valence-electron chi connectivity index (χ4n) is 3.15. The van der Waals surface area contributed by atoms with Gasteiger partial charge in [-0.3, -0.25) is 4.79 Å². The number of amides is 1. The van der Waals surface area contributed by atoms with E-state index in [1.54, 1.807) is 0 Å². The standard InChI is InChI=1S/C17H22N2O3S2/c1-10(2)16(20)18-17-19(13-6-5-11(3)7-12(13)4)14-8-24(21,22)9-15(14)23-17/h5-7,10,14-15H,8-9H2,1-4H3/t14-,15-/m1/s1. The Labute approximate surface area is 147 Å². The van der Waals surface area contributed by atoms with Crippen molar-refractivity contribution in [3.63, 3.8) is 0 Å². The molecular formula is C17H22N2O3S2.